The van der Waals surface area contributed by atoms with Crippen molar-refractivity contribution in [2.75, 3.05) is 0 Å². The number of carboxylic acids is 1. The van der Waals surface area contributed by atoms with Crippen LogP contribution in [-0.4, -0.2) is 46.8 Å². The third-order valence-electron chi connectivity index (χ3n) is 11.3. The lowest BCUT2D eigenvalue weighted by atomic mass is 9.37. The smallest absolute Gasteiger partial charge is 0.331 e. The van der Waals surface area contributed by atoms with E-state index in [0.29, 0.717) is 31.3 Å². The number of Topliss-reactive ketones (excluding diaryl/α,β-unsaturated/α-hetero) is 1. The van der Waals surface area contributed by atoms with Crippen molar-refractivity contribution in [1.82, 2.24) is 0 Å². The number of hydrogen-bond acceptors (Lipinski definition) is 7. The fourth-order valence-corrected chi connectivity index (χ4v) is 9.23. The van der Waals surface area contributed by atoms with Gasteiger partial charge in [-0.2, -0.15) is 0 Å². The molecule has 0 bridgehead atoms. The van der Waals surface area contributed by atoms with E-state index in [1.807, 2.05) is 39.8 Å². The van der Waals surface area contributed by atoms with Crippen molar-refractivity contribution in [3.63, 3.8) is 0 Å². The van der Waals surface area contributed by atoms with Gasteiger partial charge in [0.2, 0.25) is 0 Å². The minimum absolute atomic E-state index is 0.0916. The van der Waals surface area contributed by atoms with Gasteiger partial charge in [-0.1, -0.05) is 52.3 Å². The normalized spacial score (nSPS) is 39.9. The summed E-state index contributed by atoms with van der Waals surface area (Å²) in [5, 5.41) is 10.4. The zero-order valence-corrected chi connectivity index (χ0v) is 26.2. The van der Waals surface area contributed by atoms with Crippen molar-refractivity contribution in [2.24, 2.45) is 39.9 Å². The minimum Gasteiger partial charge on any atom is -0.478 e. The standard InChI is InChI=1S/C34H46O8/c1-9-26(37)42-24-17-33(7)22(27(24)21(31(39)40)12-10-11-18(2)3)13-14-25-32(6)16-15-23(36)19(4)28(32)29(41-20(5)35)30(38)34(25,33)8/h11,15-16,19,22,24-25,28-29H,9-10,12-14,17H2,1-8H3,(H,39,40). The summed E-state index contributed by atoms with van der Waals surface area (Å²) in [7, 11) is 0. The highest BCUT2D eigenvalue weighted by Crippen LogP contribution is 2.73. The molecule has 0 radical (unpaired) electrons. The van der Waals surface area contributed by atoms with Gasteiger partial charge in [-0.3, -0.25) is 19.2 Å². The number of allylic oxidation sites excluding steroid dienone is 4. The third kappa shape index (κ3) is 4.79. The van der Waals surface area contributed by atoms with Gasteiger partial charge in [0.25, 0.3) is 0 Å². The molecule has 4 aliphatic carbocycles. The molecule has 8 nitrogen and oxygen atoms in total. The molecule has 8 heteroatoms. The second-order valence-electron chi connectivity index (χ2n) is 13.7. The number of ketones is 2. The maximum atomic E-state index is 14.8. The number of aliphatic carboxylic acids is 1. The van der Waals surface area contributed by atoms with Gasteiger partial charge in [-0.25, -0.2) is 4.79 Å². The molecule has 1 N–H and O–H groups in total. The fraction of sp³-hybridized carbons (Fsp3) is 0.676. The quantitative estimate of drug-likeness (QED) is 0.227. The van der Waals surface area contributed by atoms with Gasteiger partial charge in [-0.15, -0.1) is 0 Å². The van der Waals surface area contributed by atoms with E-state index in [4.69, 9.17) is 9.47 Å². The van der Waals surface area contributed by atoms with E-state index in [0.717, 1.165) is 5.57 Å². The van der Waals surface area contributed by atoms with E-state index in [1.165, 1.54) is 6.92 Å². The molecule has 3 saturated carbocycles. The molecule has 0 heterocycles. The highest BCUT2D eigenvalue weighted by atomic mass is 16.5. The Labute approximate surface area is 249 Å². The summed E-state index contributed by atoms with van der Waals surface area (Å²) in [6, 6.07) is 0. The first-order valence-corrected chi connectivity index (χ1v) is 15.3. The average molecular weight is 583 g/mol. The first-order valence-electron chi connectivity index (χ1n) is 15.3. The Morgan fingerprint density at radius 3 is 2.31 bits per heavy atom. The fourth-order valence-electron chi connectivity index (χ4n) is 9.23. The van der Waals surface area contributed by atoms with Crippen LogP contribution in [0.5, 0.6) is 0 Å². The van der Waals surface area contributed by atoms with Gasteiger partial charge in [0, 0.05) is 36.2 Å². The van der Waals surface area contributed by atoms with E-state index in [1.54, 1.807) is 19.9 Å². The highest BCUT2D eigenvalue weighted by molar-refractivity contribution is 5.98. The monoisotopic (exact) mass is 582 g/mol. The molecule has 0 aliphatic heterocycles. The molecular weight excluding hydrogens is 536 g/mol. The summed E-state index contributed by atoms with van der Waals surface area (Å²) in [5.74, 6) is -3.88. The van der Waals surface area contributed by atoms with E-state index in [9.17, 15) is 29.1 Å². The zero-order chi connectivity index (χ0) is 31.4. The molecule has 9 unspecified atom stereocenters. The Bertz CT molecular complexity index is 1280. The van der Waals surface area contributed by atoms with E-state index >= 15 is 0 Å². The van der Waals surface area contributed by atoms with Crippen LogP contribution in [0.25, 0.3) is 0 Å². The van der Waals surface area contributed by atoms with Crippen LogP contribution in [-0.2, 0) is 33.4 Å². The number of carbonyl (C=O) groups excluding carboxylic acids is 4. The molecule has 0 aromatic heterocycles. The van der Waals surface area contributed by atoms with Crippen molar-refractivity contribution in [3.05, 3.63) is 34.9 Å². The van der Waals surface area contributed by atoms with Crippen LogP contribution in [0.4, 0.5) is 0 Å². The first-order chi connectivity index (χ1) is 19.5. The number of carboxylic acid groups (broad SMARTS) is 1. The summed E-state index contributed by atoms with van der Waals surface area (Å²) >= 11 is 0. The average Bonchev–Trinajstić information content (AvgIpc) is 3.19. The Kier molecular flexibility index (Phi) is 8.53. The molecule has 230 valence electrons. The molecule has 3 fully saturated rings. The van der Waals surface area contributed by atoms with Crippen molar-refractivity contribution in [3.8, 4) is 0 Å². The van der Waals surface area contributed by atoms with E-state index < -0.39 is 58.2 Å². The lowest BCUT2D eigenvalue weighted by molar-refractivity contribution is -0.207. The van der Waals surface area contributed by atoms with Crippen LogP contribution >= 0.6 is 0 Å². The molecule has 4 rings (SSSR count). The van der Waals surface area contributed by atoms with Crippen molar-refractivity contribution >= 4 is 29.5 Å². The van der Waals surface area contributed by atoms with Crippen LogP contribution in [0.3, 0.4) is 0 Å². The largest absolute Gasteiger partial charge is 0.478 e. The molecule has 0 aromatic carbocycles. The summed E-state index contributed by atoms with van der Waals surface area (Å²) in [5.41, 5.74) is -0.510. The summed E-state index contributed by atoms with van der Waals surface area (Å²) in [6.45, 7) is 14.7. The van der Waals surface area contributed by atoms with Crippen LogP contribution < -0.4 is 0 Å². The van der Waals surface area contributed by atoms with Gasteiger partial charge in [0.15, 0.2) is 17.7 Å². The van der Waals surface area contributed by atoms with Gasteiger partial charge < -0.3 is 14.6 Å². The molecule has 4 aliphatic rings. The van der Waals surface area contributed by atoms with Crippen LogP contribution in [0.15, 0.2) is 34.9 Å². The number of fused-ring (bicyclic) bond motifs is 5. The van der Waals surface area contributed by atoms with Crippen molar-refractivity contribution < 1.29 is 38.6 Å². The van der Waals surface area contributed by atoms with Gasteiger partial charge >= 0.3 is 17.9 Å². The first kappa shape index (κ1) is 31.9. The molecule has 9 atom stereocenters. The number of esters is 2. The number of carbonyl (C=O) groups is 5. The van der Waals surface area contributed by atoms with Gasteiger partial charge in [-0.05, 0) is 80.3 Å². The second-order valence-corrected chi connectivity index (χ2v) is 13.7. The van der Waals surface area contributed by atoms with E-state index in [2.05, 4.69) is 6.92 Å². The molecule has 0 amide bonds. The van der Waals surface area contributed by atoms with Crippen LogP contribution in [0.1, 0.15) is 93.9 Å². The second kappa shape index (κ2) is 11.2. The molecule has 0 spiro atoms. The van der Waals surface area contributed by atoms with Gasteiger partial charge in [0.1, 0.15) is 6.10 Å². The Balaban J connectivity index is 1.93. The topological polar surface area (TPSA) is 124 Å². The summed E-state index contributed by atoms with van der Waals surface area (Å²) < 4.78 is 11.8. The van der Waals surface area contributed by atoms with Crippen LogP contribution in [0.2, 0.25) is 0 Å². The predicted molar refractivity (Wildman–Crippen MR) is 156 cm³/mol. The van der Waals surface area contributed by atoms with Crippen molar-refractivity contribution in [2.45, 2.75) is 106 Å². The van der Waals surface area contributed by atoms with E-state index in [-0.39, 0.29) is 41.8 Å². The number of hydrogen-bond donors (Lipinski definition) is 1. The summed E-state index contributed by atoms with van der Waals surface area (Å²) in [6.07, 6.45) is 6.13. The Hall–Kier alpha value is -3.03. The molecular formula is C34H46O8. The molecule has 42 heavy (non-hydrogen) atoms. The number of ether oxygens (including phenoxy) is 2. The predicted octanol–water partition coefficient (Wildman–Crippen LogP) is 5.79. The lowest BCUT2D eigenvalue weighted by Gasteiger charge is -2.66. The third-order valence-corrected chi connectivity index (χ3v) is 11.3. The maximum Gasteiger partial charge on any atom is 0.331 e. The van der Waals surface area contributed by atoms with Gasteiger partial charge in [0.05, 0.1) is 0 Å². The zero-order valence-electron chi connectivity index (χ0n) is 26.2. The lowest BCUT2D eigenvalue weighted by Crippen LogP contribution is -2.69. The summed E-state index contributed by atoms with van der Waals surface area (Å²) in [4.78, 5) is 65.4. The Morgan fingerprint density at radius 1 is 1.07 bits per heavy atom. The Morgan fingerprint density at radius 2 is 1.74 bits per heavy atom. The minimum atomic E-state index is -1.12. The highest BCUT2D eigenvalue weighted by Gasteiger charge is 2.74. The maximum absolute atomic E-state index is 14.8. The SMILES string of the molecule is CCC(=O)OC1CC2(C)C(CCC3C4(C)C=CC(=O)C(C)C4C(OC(C)=O)C(=O)C32C)C1=C(CCC=C(C)C)C(=O)O. The molecule has 0 aromatic rings. The number of rotatable bonds is 7. The van der Waals surface area contributed by atoms with Crippen molar-refractivity contribution in [1.29, 1.82) is 0 Å². The van der Waals surface area contributed by atoms with Crippen LogP contribution in [0, 0.1) is 39.9 Å². The molecule has 0 saturated heterocycles.